The molecule has 1 N–H and O–H groups in total. The number of amides is 1. The summed E-state index contributed by atoms with van der Waals surface area (Å²) in [4.78, 5) is 14.2. The number of nitrogens with zero attached hydrogens (tertiary/aromatic N) is 1. The minimum Gasteiger partial charge on any atom is -0.396 e. The quantitative estimate of drug-likeness (QED) is 0.620. The number of rotatable bonds is 3. The Kier molecular flexibility index (Phi) is 5.52. The van der Waals surface area contributed by atoms with Gasteiger partial charge in [0.05, 0.1) is 12.2 Å². The summed E-state index contributed by atoms with van der Waals surface area (Å²) in [5.41, 5.74) is 7.24. The van der Waals surface area contributed by atoms with Crippen LogP contribution in [-0.2, 0) is 17.8 Å². The lowest BCUT2D eigenvalue weighted by molar-refractivity contribution is -0.116. The summed E-state index contributed by atoms with van der Waals surface area (Å²) in [7, 11) is 0. The van der Waals surface area contributed by atoms with E-state index in [-0.39, 0.29) is 12.5 Å². The van der Waals surface area contributed by atoms with E-state index in [1.165, 1.54) is 0 Å². The first-order valence-corrected chi connectivity index (χ1v) is 10.0. The number of carbonyl (C=O) groups excluding carboxylic acids is 1. The van der Waals surface area contributed by atoms with Crippen molar-refractivity contribution in [3.8, 4) is 11.1 Å². The predicted octanol–water partition coefficient (Wildman–Crippen LogP) is 5.58. The van der Waals surface area contributed by atoms with Crippen LogP contribution in [0.1, 0.15) is 29.2 Å². The first-order chi connectivity index (χ1) is 14.1. The van der Waals surface area contributed by atoms with Crippen molar-refractivity contribution in [1.29, 1.82) is 0 Å². The van der Waals surface area contributed by atoms with Gasteiger partial charge in [0.2, 0.25) is 5.91 Å². The molecule has 0 radical (unpaired) electrons. The van der Waals surface area contributed by atoms with Gasteiger partial charge in [-0.2, -0.15) is 0 Å². The number of carbonyl (C=O) groups is 1. The number of aliphatic hydroxyl groups is 1. The molecule has 0 saturated carbocycles. The first-order valence-electron chi connectivity index (χ1n) is 9.64. The molecule has 3 aromatic carbocycles. The molecule has 0 atom stereocenters. The lowest BCUT2D eigenvalue weighted by Crippen LogP contribution is -2.29. The molecule has 0 bridgehead atoms. The Labute approximate surface area is 175 Å². The van der Waals surface area contributed by atoms with E-state index >= 15 is 0 Å². The monoisotopic (exact) mass is 403 g/mol. The van der Waals surface area contributed by atoms with Gasteiger partial charge in [0, 0.05) is 18.6 Å². The Morgan fingerprint density at radius 1 is 1.03 bits per heavy atom. The summed E-state index contributed by atoms with van der Waals surface area (Å²) >= 11 is 6.17. The highest BCUT2D eigenvalue weighted by molar-refractivity contribution is 6.30. The van der Waals surface area contributed by atoms with Gasteiger partial charge in [-0.1, -0.05) is 60.2 Å². The van der Waals surface area contributed by atoms with E-state index in [4.69, 9.17) is 11.6 Å². The molecule has 0 fully saturated rings. The number of halogens is 1. The third-order valence-corrected chi connectivity index (χ3v) is 5.52. The van der Waals surface area contributed by atoms with Gasteiger partial charge >= 0.3 is 0 Å². The van der Waals surface area contributed by atoms with Crippen LogP contribution < -0.4 is 4.90 Å². The lowest BCUT2D eigenvalue weighted by atomic mass is 9.93. The largest absolute Gasteiger partial charge is 0.396 e. The molecule has 1 aliphatic heterocycles. The van der Waals surface area contributed by atoms with Crippen molar-refractivity contribution in [2.24, 2.45) is 0 Å². The van der Waals surface area contributed by atoms with Crippen molar-refractivity contribution in [3.05, 3.63) is 87.9 Å². The maximum absolute atomic E-state index is 12.5. The molecule has 1 aliphatic rings. The molecule has 0 aromatic heterocycles. The van der Waals surface area contributed by atoms with Crippen molar-refractivity contribution >= 4 is 35.3 Å². The van der Waals surface area contributed by atoms with Crippen LogP contribution in [0.3, 0.4) is 0 Å². The number of aliphatic hydroxyl groups excluding tert-OH is 1. The summed E-state index contributed by atoms with van der Waals surface area (Å²) in [6, 6.07) is 20.0. The van der Waals surface area contributed by atoms with Gasteiger partial charge in [0.25, 0.3) is 0 Å². The summed E-state index contributed by atoms with van der Waals surface area (Å²) in [6.07, 6.45) is 4.70. The van der Waals surface area contributed by atoms with Crippen LogP contribution >= 0.6 is 11.6 Å². The third kappa shape index (κ3) is 3.98. The van der Waals surface area contributed by atoms with Gasteiger partial charge in [-0.05, 0) is 64.1 Å². The van der Waals surface area contributed by atoms with Gasteiger partial charge in [-0.15, -0.1) is 0 Å². The Bertz CT molecular complexity index is 1100. The van der Waals surface area contributed by atoms with E-state index in [1.807, 2.05) is 42.5 Å². The van der Waals surface area contributed by atoms with Gasteiger partial charge in [0.1, 0.15) is 0 Å². The molecule has 0 spiro atoms. The highest BCUT2D eigenvalue weighted by Gasteiger charge is 2.19. The SMILES string of the molecule is CC(=O)N1Cc2cc(-c3ccccc3CCO)ccc2C=Cc2cc(Cl)ccc21. The zero-order valence-electron chi connectivity index (χ0n) is 16.2. The van der Waals surface area contributed by atoms with Crippen LogP contribution in [0, 0.1) is 0 Å². The van der Waals surface area contributed by atoms with E-state index in [0.717, 1.165) is 39.1 Å². The topological polar surface area (TPSA) is 40.5 Å². The Hall–Kier alpha value is -2.88. The van der Waals surface area contributed by atoms with Gasteiger partial charge < -0.3 is 10.0 Å². The maximum Gasteiger partial charge on any atom is 0.224 e. The molecule has 1 amide bonds. The van der Waals surface area contributed by atoms with Crippen molar-refractivity contribution in [3.63, 3.8) is 0 Å². The van der Waals surface area contributed by atoms with Crippen LogP contribution in [0.4, 0.5) is 5.69 Å². The normalized spacial score (nSPS) is 12.7. The third-order valence-electron chi connectivity index (χ3n) is 5.28. The summed E-state index contributed by atoms with van der Waals surface area (Å²) in [6.45, 7) is 2.19. The predicted molar refractivity (Wildman–Crippen MR) is 120 cm³/mol. The second kappa shape index (κ2) is 8.24. The minimum atomic E-state index is -0.0130. The second-order valence-electron chi connectivity index (χ2n) is 7.19. The zero-order chi connectivity index (χ0) is 20.4. The molecule has 146 valence electrons. The Balaban J connectivity index is 1.82. The second-order valence-corrected chi connectivity index (χ2v) is 7.62. The summed E-state index contributed by atoms with van der Waals surface area (Å²) in [5.74, 6) is -0.0130. The van der Waals surface area contributed by atoms with Crippen LogP contribution in [0.15, 0.2) is 60.7 Å². The van der Waals surface area contributed by atoms with E-state index in [1.54, 1.807) is 11.8 Å². The van der Waals surface area contributed by atoms with E-state index in [0.29, 0.717) is 18.0 Å². The molecular weight excluding hydrogens is 382 g/mol. The van der Waals surface area contributed by atoms with Crippen molar-refractivity contribution in [2.45, 2.75) is 19.9 Å². The zero-order valence-corrected chi connectivity index (χ0v) is 17.0. The van der Waals surface area contributed by atoms with Crippen LogP contribution in [0.2, 0.25) is 5.02 Å². The number of anilines is 1. The molecule has 0 unspecified atom stereocenters. The average molecular weight is 404 g/mol. The van der Waals surface area contributed by atoms with Crippen molar-refractivity contribution in [1.82, 2.24) is 0 Å². The Morgan fingerprint density at radius 3 is 2.62 bits per heavy atom. The smallest absolute Gasteiger partial charge is 0.224 e. The van der Waals surface area contributed by atoms with E-state index in [2.05, 4.69) is 30.3 Å². The molecule has 29 heavy (non-hydrogen) atoms. The van der Waals surface area contributed by atoms with E-state index in [9.17, 15) is 9.90 Å². The van der Waals surface area contributed by atoms with Crippen LogP contribution in [-0.4, -0.2) is 17.6 Å². The molecule has 0 saturated heterocycles. The van der Waals surface area contributed by atoms with Gasteiger partial charge in [-0.25, -0.2) is 0 Å². The van der Waals surface area contributed by atoms with Gasteiger partial charge in [-0.3, -0.25) is 4.79 Å². The summed E-state index contributed by atoms with van der Waals surface area (Å²) < 4.78 is 0. The van der Waals surface area contributed by atoms with Crippen molar-refractivity contribution < 1.29 is 9.90 Å². The van der Waals surface area contributed by atoms with Crippen LogP contribution in [0.25, 0.3) is 23.3 Å². The fraction of sp³-hybridized carbons (Fsp3) is 0.160. The number of fused-ring (bicyclic) bond motifs is 2. The average Bonchev–Trinajstić information content (AvgIpc) is 2.70. The fourth-order valence-corrected chi connectivity index (χ4v) is 4.01. The minimum absolute atomic E-state index is 0.0130. The lowest BCUT2D eigenvalue weighted by Gasteiger charge is -2.26. The van der Waals surface area contributed by atoms with Crippen molar-refractivity contribution in [2.75, 3.05) is 11.5 Å². The molecular formula is C25H22ClNO2. The standard InChI is InChI=1S/C25H22ClNO2/c1-17(29)27-16-22-14-20(24-5-3-2-4-19(24)12-13-28)8-6-18(22)7-9-21-15-23(26)10-11-25(21)27/h2-11,14-15,28H,12-13,16H2,1H3. The maximum atomic E-state index is 12.5. The van der Waals surface area contributed by atoms with E-state index < -0.39 is 0 Å². The van der Waals surface area contributed by atoms with Crippen LogP contribution in [0.5, 0.6) is 0 Å². The highest BCUT2D eigenvalue weighted by atomic mass is 35.5. The highest BCUT2D eigenvalue weighted by Crippen LogP contribution is 2.33. The molecule has 0 aliphatic carbocycles. The molecule has 4 rings (SSSR count). The summed E-state index contributed by atoms with van der Waals surface area (Å²) in [5, 5.41) is 10.0. The van der Waals surface area contributed by atoms with Gasteiger partial charge in [0.15, 0.2) is 0 Å². The molecule has 4 heteroatoms. The fourth-order valence-electron chi connectivity index (χ4n) is 3.83. The molecule has 3 aromatic rings. The Morgan fingerprint density at radius 2 is 1.83 bits per heavy atom. The number of benzene rings is 3. The number of hydrogen-bond donors (Lipinski definition) is 1. The molecule has 1 heterocycles. The first kappa shape index (κ1) is 19.4. The molecule has 3 nitrogen and oxygen atoms in total. The number of hydrogen-bond acceptors (Lipinski definition) is 2.